The zero-order valence-electron chi connectivity index (χ0n) is 66.4. The molecule has 0 saturated carbocycles. The fourth-order valence-electron chi connectivity index (χ4n) is 19.5. The van der Waals surface area contributed by atoms with Crippen molar-refractivity contribution in [2.45, 2.75) is 84.0 Å². The van der Waals surface area contributed by atoms with Crippen LogP contribution in [0.15, 0.2) is 358 Å². The maximum Gasteiger partial charge on any atom is 0.260 e. The minimum absolute atomic E-state index is 0.189. The topological polar surface area (TPSA) is 24.9 Å². The van der Waals surface area contributed by atoms with Gasteiger partial charge in [-0.15, -0.1) is 0 Å². The van der Waals surface area contributed by atoms with E-state index in [1.807, 2.05) is 0 Å². The molecule has 0 aromatic heterocycles. The molecule has 0 radical (unpaired) electrons. The molecule has 1 aliphatic carbocycles. The van der Waals surface area contributed by atoms with Crippen molar-refractivity contribution in [3.8, 4) is 101 Å². The number of anilines is 6. The first kappa shape index (κ1) is 69.8. The van der Waals surface area contributed by atoms with Crippen LogP contribution in [-0.4, -0.2) is 13.4 Å². The summed E-state index contributed by atoms with van der Waals surface area (Å²) < 4.78 is 16.7. The number of fused-ring (bicyclic) bond motifs is 12. The molecule has 0 unspecified atom stereocenters. The lowest BCUT2D eigenvalue weighted by molar-refractivity contribution is 0.468. The van der Waals surface area contributed by atoms with Crippen LogP contribution < -0.4 is 52.1 Å². The normalized spacial score (nSPS) is 13.7. The van der Waals surface area contributed by atoms with Crippen molar-refractivity contribution in [2.24, 2.45) is 0 Å². The lowest BCUT2D eigenvalue weighted by Crippen LogP contribution is -2.65. The lowest BCUT2D eigenvalue weighted by Gasteiger charge is -2.47. The van der Waals surface area contributed by atoms with Gasteiger partial charge >= 0.3 is 0 Å². The third-order valence-corrected chi connectivity index (χ3v) is 25.1. The minimum Gasteiger partial charge on any atom is -0.459 e. The monoisotopic (exact) mass is 1480 g/mol. The van der Waals surface area contributed by atoms with Crippen molar-refractivity contribution in [1.29, 1.82) is 0 Å². The summed E-state index contributed by atoms with van der Waals surface area (Å²) in [7, 11) is 0. The van der Waals surface area contributed by atoms with Crippen LogP contribution in [0.5, 0.6) is 23.0 Å². The van der Waals surface area contributed by atoms with Gasteiger partial charge in [0.05, 0.1) is 16.8 Å². The third kappa shape index (κ3) is 11.1. The highest BCUT2D eigenvalue weighted by Crippen LogP contribution is 2.61. The molecule has 4 aliphatic heterocycles. The molecule has 0 saturated heterocycles. The van der Waals surface area contributed by atoms with Gasteiger partial charge in [0.1, 0.15) is 23.0 Å². The highest BCUT2D eigenvalue weighted by atomic mass is 16.5. The van der Waals surface area contributed by atoms with E-state index in [-0.39, 0.29) is 16.2 Å². The number of rotatable bonds is 10. The molecular weight excluding hydrogens is 1390 g/mol. The fraction of sp³-hybridized carbons (Fsp3) is 0.119. The van der Waals surface area contributed by atoms with Crippen LogP contribution >= 0.6 is 0 Å². The van der Waals surface area contributed by atoms with E-state index in [4.69, 9.17) is 9.47 Å². The van der Waals surface area contributed by atoms with Gasteiger partial charge in [0, 0.05) is 51.0 Å². The molecule has 0 amide bonds. The van der Waals surface area contributed by atoms with Crippen molar-refractivity contribution in [3.05, 3.63) is 397 Å². The predicted octanol–water partition coefficient (Wildman–Crippen LogP) is 24.8. The largest absolute Gasteiger partial charge is 0.459 e. The highest BCUT2D eigenvalue weighted by Gasteiger charge is 2.53. The molecule has 4 nitrogen and oxygen atoms in total. The van der Waals surface area contributed by atoms with E-state index in [2.05, 4.69) is 430 Å². The van der Waals surface area contributed by atoms with Gasteiger partial charge in [-0.2, -0.15) is 0 Å². The number of hydrogen-bond acceptors (Lipinski definition) is 4. The molecule has 0 N–H and O–H groups in total. The molecule has 0 atom stereocenters. The molecule has 16 aromatic carbocycles. The second kappa shape index (κ2) is 26.5. The summed E-state index contributed by atoms with van der Waals surface area (Å²) in [5.74, 6) is 3.20. The Balaban J connectivity index is 0.914. The fourth-order valence-corrected chi connectivity index (χ4v) is 19.5. The van der Waals surface area contributed by atoms with Gasteiger partial charge < -0.3 is 19.3 Å². The van der Waals surface area contributed by atoms with Crippen molar-refractivity contribution in [2.75, 3.05) is 9.80 Å². The predicted molar refractivity (Wildman–Crippen MR) is 484 cm³/mol. The third-order valence-electron chi connectivity index (χ3n) is 25.1. The van der Waals surface area contributed by atoms with Crippen LogP contribution in [0, 0.1) is 0 Å². The summed E-state index contributed by atoms with van der Waals surface area (Å²) in [4.78, 5) is 5.32. The van der Waals surface area contributed by atoms with Crippen molar-refractivity contribution in [3.63, 3.8) is 0 Å². The lowest BCUT2D eigenvalue weighted by atomic mass is 9.30. The maximum absolute atomic E-state index is 8.40. The summed E-state index contributed by atoms with van der Waals surface area (Å²) in [6, 6.07) is 135. The SMILES string of the molecule is CC(C)(C)c1ccc(-c2ccccc2)c(N2c3cc(-c4ccccc4)ccc3B3c4c2cc(C(C)(C)C)cc4N(c2cc(C(C)(C)C)ccc2-c2ccccc2)c2cc4c5c(c23)Oc2ccc(-c3ccccc3)cc2B5c2cc(-c3ccccc3)cc(-c3cccc5c3-c3ccccc3C5(c3ccccc3)c3ccccc3)c2O4)c1. The van der Waals surface area contributed by atoms with Crippen molar-refractivity contribution in [1.82, 2.24) is 0 Å². The quantitative estimate of drug-likeness (QED) is 0.127. The Morgan fingerprint density at radius 2 is 0.678 bits per heavy atom. The first-order valence-electron chi connectivity index (χ1n) is 40.7. The molecular formula is C109H86B2N2O2. The maximum atomic E-state index is 8.40. The van der Waals surface area contributed by atoms with Gasteiger partial charge in [0.15, 0.2) is 0 Å². The Hall–Kier alpha value is -13.2. The van der Waals surface area contributed by atoms with Gasteiger partial charge in [-0.25, -0.2) is 0 Å². The van der Waals surface area contributed by atoms with E-state index >= 15 is 0 Å². The molecule has 21 rings (SSSR count). The van der Waals surface area contributed by atoms with E-state index in [1.165, 1.54) is 61.0 Å². The smallest absolute Gasteiger partial charge is 0.260 e. The Labute approximate surface area is 676 Å². The van der Waals surface area contributed by atoms with Crippen LogP contribution in [0.2, 0.25) is 0 Å². The summed E-state index contributed by atoms with van der Waals surface area (Å²) in [5, 5.41) is 0. The Morgan fingerprint density at radius 1 is 0.243 bits per heavy atom. The second-order valence-corrected chi connectivity index (χ2v) is 35.0. The molecule has 16 aromatic rings. The van der Waals surface area contributed by atoms with Gasteiger partial charge in [-0.1, -0.05) is 372 Å². The minimum atomic E-state index is -0.648. The Kier molecular flexibility index (Phi) is 16.1. The molecule has 5 aliphatic rings. The average Bonchev–Trinajstić information content (AvgIpc) is 1.52. The number of hydrogen-bond donors (Lipinski definition) is 0. The van der Waals surface area contributed by atoms with Crippen molar-refractivity contribution < 1.29 is 9.47 Å². The Bertz CT molecular complexity index is 6540. The van der Waals surface area contributed by atoms with E-state index in [1.54, 1.807) is 0 Å². The van der Waals surface area contributed by atoms with Gasteiger partial charge in [-0.3, -0.25) is 0 Å². The zero-order valence-corrected chi connectivity index (χ0v) is 66.4. The van der Waals surface area contributed by atoms with E-state index in [9.17, 15) is 0 Å². The standard InChI is InChI=1S/C109H86B2N2O2/c1-106(2,3)79-54-56-82(72-40-23-13-24-41-72)92(64-79)112-94-63-75(70-36-19-11-20-37-70)52-58-89(94)111-101-95(112)66-81(108(7,8)9)67-96(101)113(93-65-80(107(4,5)6)55-57-83(93)73-42-25-14-26-43-73)97-68-99-103-105(102(97)111)114-98-59-53-74(69-34-17-10-18-35-69)61-90(98)110(103)91-62-76(71-38-21-12-22-39-71)60-86(104(91)115-99)84-49-33-51-88-100(84)85-48-31-32-50-87(85)109(88,77-44-27-15-28-45-77)78-46-29-16-30-47-78/h10-68H,1-9H3. The number of ether oxygens (including phenoxy) is 2. The zero-order chi connectivity index (χ0) is 77.8. The van der Waals surface area contributed by atoms with Crippen LogP contribution in [-0.2, 0) is 21.7 Å². The molecule has 6 heteroatoms. The molecule has 0 spiro atoms. The second-order valence-electron chi connectivity index (χ2n) is 35.0. The average molecular weight is 1480 g/mol. The van der Waals surface area contributed by atoms with E-state index in [0.717, 1.165) is 146 Å². The molecule has 115 heavy (non-hydrogen) atoms. The summed E-state index contributed by atoms with van der Waals surface area (Å²) in [6.07, 6.45) is 0. The Morgan fingerprint density at radius 3 is 1.23 bits per heavy atom. The van der Waals surface area contributed by atoms with Crippen LogP contribution in [0.1, 0.15) is 101 Å². The van der Waals surface area contributed by atoms with Crippen molar-refractivity contribution >= 4 is 80.3 Å². The summed E-state index contributed by atoms with van der Waals surface area (Å²) >= 11 is 0. The van der Waals surface area contributed by atoms with Crippen LogP contribution in [0.3, 0.4) is 0 Å². The van der Waals surface area contributed by atoms with Crippen LogP contribution in [0.4, 0.5) is 34.1 Å². The number of benzene rings is 16. The summed E-state index contributed by atoms with van der Waals surface area (Å²) in [5.41, 5.74) is 36.1. The van der Waals surface area contributed by atoms with Gasteiger partial charge in [0.25, 0.3) is 13.4 Å². The highest BCUT2D eigenvalue weighted by molar-refractivity contribution is 7.03. The van der Waals surface area contributed by atoms with Crippen LogP contribution in [0.25, 0.3) is 77.9 Å². The van der Waals surface area contributed by atoms with Gasteiger partial charge in [0.2, 0.25) is 0 Å². The van der Waals surface area contributed by atoms with E-state index < -0.39 is 18.8 Å². The molecule has 550 valence electrons. The first-order chi connectivity index (χ1) is 55.9. The first-order valence-corrected chi connectivity index (χ1v) is 40.7. The number of nitrogens with zero attached hydrogens (tertiary/aromatic N) is 2. The summed E-state index contributed by atoms with van der Waals surface area (Å²) in [6.45, 7) is 20.4. The molecule has 0 fully saturated rings. The molecule has 0 bridgehead atoms. The molecule has 4 heterocycles. The van der Waals surface area contributed by atoms with Gasteiger partial charge in [-0.05, 0) is 186 Å². The van der Waals surface area contributed by atoms with E-state index in [0.29, 0.717) is 0 Å².